The van der Waals surface area contributed by atoms with E-state index in [0.29, 0.717) is 28.0 Å². The molecule has 7 nitrogen and oxygen atoms in total. The Kier molecular flexibility index (Phi) is 6.36. The smallest absolute Gasteiger partial charge is 0.271 e. The highest BCUT2D eigenvalue weighted by atomic mass is 35.5. The summed E-state index contributed by atoms with van der Waals surface area (Å²) >= 11 is 12.0. The first-order valence-corrected chi connectivity index (χ1v) is 9.17. The monoisotopic (exact) mass is 407 g/mol. The molecule has 0 atom stereocenters. The highest BCUT2D eigenvalue weighted by Gasteiger charge is 2.10. The SMILES string of the molecule is Cc1ccn(CCCNC(=O)c2ccn(COc3cccc(Cl)c3Cl)n2)n1. The second-order valence-corrected chi connectivity index (χ2v) is 6.68. The fourth-order valence-corrected chi connectivity index (χ4v) is 2.75. The summed E-state index contributed by atoms with van der Waals surface area (Å²) in [4.78, 5) is 12.2. The third kappa shape index (κ3) is 5.24. The van der Waals surface area contributed by atoms with Crippen LogP contribution in [0.15, 0.2) is 42.7 Å². The van der Waals surface area contributed by atoms with E-state index >= 15 is 0 Å². The molecule has 0 aliphatic heterocycles. The molecule has 1 aromatic carbocycles. The summed E-state index contributed by atoms with van der Waals surface area (Å²) in [6, 6.07) is 8.72. The van der Waals surface area contributed by atoms with Crippen molar-refractivity contribution in [1.29, 1.82) is 0 Å². The predicted octanol–water partition coefficient (Wildman–Crippen LogP) is 3.55. The number of aryl methyl sites for hydroxylation is 2. The first-order chi connectivity index (χ1) is 13.0. The second-order valence-electron chi connectivity index (χ2n) is 5.90. The number of carbonyl (C=O) groups is 1. The number of hydrogen-bond donors (Lipinski definition) is 1. The lowest BCUT2D eigenvalue weighted by molar-refractivity contribution is 0.0945. The van der Waals surface area contributed by atoms with Crippen LogP contribution < -0.4 is 10.1 Å². The van der Waals surface area contributed by atoms with E-state index in [1.807, 2.05) is 23.9 Å². The number of benzene rings is 1. The Morgan fingerprint density at radius 1 is 1.15 bits per heavy atom. The van der Waals surface area contributed by atoms with Crippen molar-refractivity contribution in [3.8, 4) is 5.75 Å². The molecule has 2 aromatic heterocycles. The molecule has 27 heavy (non-hydrogen) atoms. The van der Waals surface area contributed by atoms with Gasteiger partial charge >= 0.3 is 0 Å². The molecule has 0 aliphatic carbocycles. The van der Waals surface area contributed by atoms with E-state index < -0.39 is 0 Å². The molecule has 0 fully saturated rings. The molecule has 3 aromatic rings. The molecule has 1 amide bonds. The number of carbonyl (C=O) groups excluding carboxylic acids is 1. The number of rotatable bonds is 8. The van der Waals surface area contributed by atoms with Crippen LogP contribution >= 0.6 is 23.2 Å². The average Bonchev–Trinajstić information content (AvgIpc) is 3.29. The molecule has 2 heterocycles. The van der Waals surface area contributed by atoms with Crippen LogP contribution in [0.4, 0.5) is 0 Å². The van der Waals surface area contributed by atoms with E-state index in [9.17, 15) is 4.79 Å². The molecule has 0 aliphatic rings. The van der Waals surface area contributed by atoms with Gasteiger partial charge < -0.3 is 10.1 Å². The molecule has 0 radical (unpaired) electrons. The van der Waals surface area contributed by atoms with Gasteiger partial charge in [0.2, 0.25) is 0 Å². The van der Waals surface area contributed by atoms with Crippen LogP contribution in [0.25, 0.3) is 0 Å². The van der Waals surface area contributed by atoms with Gasteiger partial charge in [-0.05, 0) is 37.6 Å². The maximum atomic E-state index is 12.2. The maximum Gasteiger partial charge on any atom is 0.271 e. The number of nitrogens with zero attached hydrogens (tertiary/aromatic N) is 4. The third-order valence-corrected chi connectivity index (χ3v) is 4.57. The Morgan fingerprint density at radius 3 is 2.74 bits per heavy atom. The Bertz CT molecular complexity index is 922. The van der Waals surface area contributed by atoms with Crippen LogP contribution in [0, 0.1) is 6.92 Å². The Balaban J connectivity index is 1.45. The van der Waals surface area contributed by atoms with Gasteiger partial charge in [-0.25, -0.2) is 4.68 Å². The minimum atomic E-state index is -0.230. The molecular formula is C18H19Cl2N5O2. The highest BCUT2D eigenvalue weighted by Crippen LogP contribution is 2.31. The summed E-state index contributed by atoms with van der Waals surface area (Å²) in [5.74, 6) is 0.228. The van der Waals surface area contributed by atoms with Crippen molar-refractivity contribution in [3.63, 3.8) is 0 Å². The molecule has 142 valence electrons. The highest BCUT2D eigenvalue weighted by molar-refractivity contribution is 6.42. The van der Waals surface area contributed by atoms with Gasteiger partial charge in [-0.15, -0.1) is 0 Å². The van der Waals surface area contributed by atoms with E-state index in [-0.39, 0.29) is 12.6 Å². The van der Waals surface area contributed by atoms with Gasteiger partial charge in [0.1, 0.15) is 16.5 Å². The van der Waals surface area contributed by atoms with E-state index in [4.69, 9.17) is 27.9 Å². The maximum absolute atomic E-state index is 12.2. The normalized spacial score (nSPS) is 10.8. The lowest BCUT2D eigenvalue weighted by Gasteiger charge is -2.08. The van der Waals surface area contributed by atoms with Crippen LogP contribution in [0.5, 0.6) is 5.75 Å². The van der Waals surface area contributed by atoms with Gasteiger partial charge in [0.15, 0.2) is 6.73 Å². The number of ether oxygens (including phenoxy) is 1. The fourth-order valence-electron chi connectivity index (χ4n) is 2.41. The molecule has 0 bridgehead atoms. The van der Waals surface area contributed by atoms with Gasteiger partial charge in [0.25, 0.3) is 5.91 Å². The zero-order chi connectivity index (χ0) is 19.2. The molecule has 0 unspecified atom stereocenters. The van der Waals surface area contributed by atoms with E-state index in [1.165, 1.54) is 4.68 Å². The van der Waals surface area contributed by atoms with Crippen molar-refractivity contribution >= 4 is 29.1 Å². The Hall–Kier alpha value is -2.51. The Labute approximate surface area is 166 Å². The van der Waals surface area contributed by atoms with Crippen molar-refractivity contribution in [2.75, 3.05) is 6.54 Å². The third-order valence-electron chi connectivity index (χ3n) is 3.77. The minimum absolute atomic E-state index is 0.117. The zero-order valence-corrected chi connectivity index (χ0v) is 16.2. The van der Waals surface area contributed by atoms with Gasteiger partial charge in [-0.1, -0.05) is 29.3 Å². The van der Waals surface area contributed by atoms with Crippen molar-refractivity contribution in [3.05, 3.63) is 64.2 Å². The van der Waals surface area contributed by atoms with Crippen LogP contribution in [0.3, 0.4) is 0 Å². The van der Waals surface area contributed by atoms with Crippen molar-refractivity contribution in [2.45, 2.75) is 26.6 Å². The number of hydrogen-bond acceptors (Lipinski definition) is 4. The average molecular weight is 408 g/mol. The van der Waals surface area contributed by atoms with E-state index in [2.05, 4.69) is 15.5 Å². The van der Waals surface area contributed by atoms with Crippen molar-refractivity contribution in [2.24, 2.45) is 0 Å². The van der Waals surface area contributed by atoms with E-state index in [1.54, 1.807) is 30.5 Å². The summed E-state index contributed by atoms with van der Waals surface area (Å²) in [6.45, 7) is 3.35. The van der Waals surface area contributed by atoms with Gasteiger partial charge in [0, 0.05) is 25.5 Å². The number of nitrogens with one attached hydrogen (secondary N) is 1. The molecular weight excluding hydrogens is 389 g/mol. The quantitative estimate of drug-likeness (QED) is 0.579. The summed E-state index contributed by atoms with van der Waals surface area (Å²) in [7, 11) is 0. The summed E-state index contributed by atoms with van der Waals surface area (Å²) < 4.78 is 8.96. The molecule has 0 saturated heterocycles. The number of halogens is 2. The first-order valence-electron chi connectivity index (χ1n) is 8.41. The van der Waals surface area contributed by atoms with Crippen LogP contribution in [-0.4, -0.2) is 32.0 Å². The minimum Gasteiger partial charge on any atom is -0.470 e. The van der Waals surface area contributed by atoms with Crippen molar-refractivity contribution in [1.82, 2.24) is 24.9 Å². The van der Waals surface area contributed by atoms with Gasteiger partial charge in [-0.3, -0.25) is 9.48 Å². The first kappa shape index (κ1) is 19.3. The lowest BCUT2D eigenvalue weighted by Crippen LogP contribution is -2.26. The molecule has 3 rings (SSSR count). The summed E-state index contributed by atoms with van der Waals surface area (Å²) in [6.07, 6.45) is 4.37. The number of aromatic nitrogens is 4. The lowest BCUT2D eigenvalue weighted by atomic mass is 10.3. The number of amides is 1. The van der Waals surface area contributed by atoms with Crippen LogP contribution in [0.1, 0.15) is 22.6 Å². The second kappa shape index (κ2) is 8.92. The van der Waals surface area contributed by atoms with Gasteiger partial charge in [0.05, 0.1) is 10.7 Å². The molecule has 0 spiro atoms. The Morgan fingerprint density at radius 2 is 1.96 bits per heavy atom. The molecule has 0 saturated carbocycles. The standard InChI is InChI=1S/C18H19Cl2N5O2/c1-13-6-10-24(22-13)9-3-8-21-18(26)15-7-11-25(23-15)12-27-16-5-2-4-14(19)17(16)20/h2,4-7,10-11H,3,8-9,12H2,1H3,(H,21,26). The largest absolute Gasteiger partial charge is 0.470 e. The molecule has 1 N–H and O–H groups in total. The fraction of sp³-hybridized carbons (Fsp3) is 0.278. The van der Waals surface area contributed by atoms with Crippen LogP contribution in [-0.2, 0) is 13.3 Å². The van der Waals surface area contributed by atoms with Crippen LogP contribution in [0.2, 0.25) is 10.0 Å². The predicted molar refractivity (Wildman–Crippen MR) is 103 cm³/mol. The van der Waals surface area contributed by atoms with Gasteiger partial charge in [-0.2, -0.15) is 10.2 Å². The van der Waals surface area contributed by atoms with E-state index in [0.717, 1.165) is 18.7 Å². The zero-order valence-electron chi connectivity index (χ0n) is 14.7. The molecule has 9 heteroatoms. The van der Waals surface area contributed by atoms with Crippen molar-refractivity contribution < 1.29 is 9.53 Å². The topological polar surface area (TPSA) is 74.0 Å². The summed E-state index contributed by atoms with van der Waals surface area (Å²) in [5.41, 5.74) is 1.30. The summed E-state index contributed by atoms with van der Waals surface area (Å²) in [5, 5.41) is 12.1.